The molecule has 1 rings (SSSR count). The zero-order valence-electron chi connectivity index (χ0n) is 15.1. The van der Waals surface area contributed by atoms with Crippen molar-refractivity contribution in [2.45, 2.75) is 40.5 Å². The van der Waals surface area contributed by atoms with Gasteiger partial charge >= 0.3 is 12.2 Å². The molecular weight excluding hydrogens is 376 g/mol. The number of amides is 2. The topological polar surface area (TPSA) is 101 Å². The molecule has 1 aromatic rings. The van der Waals surface area contributed by atoms with Crippen molar-refractivity contribution in [3.63, 3.8) is 0 Å². The molecule has 8 nitrogen and oxygen atoms in total. The molecule has 142 valence electrons. The Morgan fingerprint density at radius 1 is 0.885 bits per heavy atom. The molecule has 0 atom stereocenters. The Bertz CT molecular complexity index is 623. The van der Waals surface area contributed by atoms with E-state index in [0.29, 0.717) is 35.8 Å². The highest BCUT2D eigenvalue weighted by Crippen LogP contribution is 2.23. The summed E-state index contributed by atoms with van der Waals surface area (Å²) in [6, 6.07) is 6.66. The van der Waals surface area contributed by atoms with Gasteiger partial charge in [-0.2, -0.15) is 8.80 Å². The lowest BCUT2D eigenvalue weighted by Gasteiger charge is -2.10. The molecule has 0 unspecified atom stereocenters. The lowest BCUT2D eigenvalue weighted by molar-refractivity contribution is 0.221. The minimum atomic E-state index is -0.706. The molecule has 1 aromatic carbocycles. The Labute approximate surface area is 161 Å². The molecule has 0 radical (unpaired) electrons. The fraction of sp³-hybridized carbons (Fsp3) is 0.375. The minimum absolute atomic E-state index is 0.365. The van der Waals surface area contributed by atoms with Crippen molar-refractivity contribution in [3.05, 3.63) is 24.3 Å². The first-order valence-corrected chi connectivity index (χ1v) is 9.31. The fourth-order valence-electron chi connectivity index (χ4n) is 1.32. The normalized spacial score (nSPS) is 11.7. The van der Waals surface area contributed by atoms with Crippen LogP contribution in [-0.4, -0.2) is 23.6 Å². The molecule has 0 spiro atoms. The van der Waals surface area contributed by atoms with E-state index in [9.17, 15) is 9.59 Å². The van der Waals surface area contributed by atoms with Crippen molar-refractivity contribution in [3.8, 4) is 0 Å². The van der Waals surface area contributed by atoms with Gasteiger partial charge in [0.2, 0.25) is 24.5 Å². The highest BCUT2D eigenvalue weighted by atomic mass is 32.2. The maximum absolute atomic E-state index is 11.8. The third-order valence-electron chi connectivity index (χ3n) is 3.04. The average molecular weight is 399 g/mol. The zero-order chi connectivity index (χ0) is 19.4. The maximum atomic E-state index is 11.8. The number of nitrogens with zero attached hydrogens (tertiary/aromatic N) is 2. The van der Waals surface area contributed by atoms with Gasteiger partial charge < -0.3 is 8.37 Å². The molecule has 0 heterocycles. The van der Waals surface area contributed by atoms with E-state index in [1.807, 2.05) is 27.7 Å². The standard InChI is InChI=1S/C16H22N4O4S2/c1-5-11(3)19-25-23-15(21)17-13-9-7-8-10-14(13)18-16(22)24-26-20-12(4)6-2/h7-10H,5-6H2,1-4H3,(H,17,21)(H,18,22)/b19-11+,20-12+. The van der Waals surface area contributed by atoms with E-state index in [1.54, 1.807) is 24.3 Å². The maximum Gasteiger partial charge on any atom is 0.425 e. The van der Waals surface area contributed by atoms with E-state index < -0.39 is 12.2 Å². The van der Waals surface area contributed by atoms with E-state index >= 15 is 0 Å². The molecule has 0 aromatic heterocycles. The molecular formula is C16H22N4O4S2. The number of nitrogens with one attached hydrogen (secondary N) is 2. The van der Waals surface area contributed by atoms with Crippen molar-refractivity contribution >= 4 is 59.4 Å². The van der Waals surface area contributed by atoms with Crippen LogP contribution in [0.4, 0.5) is 21.0 Å². The van der Waals surface area contributed by atoms with Crippen molar-refractivity contribution in [1.82, 2.24) is 0 Å². The second-order valence-electron chi connectivity index (χ2n) is 5.05. The predicted molar refractivity (Wildman–Crippen MR) is 109 cm³/mol. The van der Waals surface area contributed by atoms with E-state index in [0.717, 1.165) is 24.3 Å². The summed E-state index contributed by atoms with van der Waals surface area (Å²) in [5, 5.41) is 5.07. The minimum Gasteiger partial charge on any atom is -0.351 e. The van der Waals surface area contributed by atoms with Crippen molar-refractivity contribution in [2.24, 2.45) is 8.80 Å². The molecule has 0 bridgehead atoms. The smallest absolute Gasteiger partial charge is 0.351 e. The van der Waals surface area contributed by atoms with Gasteiger partial charge in [0.25, 0.3) is 0 Å². The summed E-state index contributed by atoms with van der Waals surface area (Å²) in [6.45, 7) is 7.58. The Morgan fingerprint density at radius 2 is 1.27 bits per heavy atom. The fourth-order valence-corrected chi connectivity index (χ4v) is 2.13. The Balaban J connectivity index is 2.58. The highest BCUT2D eigenvalue weighted by molar-refractivity contribution is 7.94. The molecule has 0 aliphatic heterocycles. The van der Waals surface area contributed by atoms with Gasteiger partial charge in [0.1, 0.15) is 0 Å². The number of carbonyl (C=O) groups is 2. The van der Waals surface area contributed by atoms with Crippen LogP contribution in [0.25, 0.3) is 0 Å². The van der Waals surface area contributed by atoms with Crippen LogP contribution in [0, 0.1) is 0 Å². The Kier molecular flexibility index (Phi) is 10.3. The van der Waals surface area contributed by atoms with Gasteiger partial charge in [-0.1, -0.05) is 26.0 Å². The van der Waals surface area contributed by atoms with Crippen molar-refractivity contribution in [2.75, 3.05) is 10.6 Å². The number of hydrogen-bond acceptors (Lipinski definition) is 8. The van der Waals surface area contributed by atoms with Crippen LogP contribution < -0.4 is 10.6 Å². The first kappa shape index (κ1) is 21.8. The molecule has 2 amide bonds. The summed E-state index contributed by atoms with van der Waals surface area (Å²) >= 11 is 1.39. The largest absolute Gasteiger partial charge is 0.425 e. The third kappa shape index (κ3) is 8.77. The van der Waals surface area contributed by atoms with Crippen LogP contribution in [0.5, 0.6) is 0 Å². The van der Waals surface area contributed by atoms with Crippen LogP contribution in [0.2, 0.25) is 0 Å². The molecule has 0 fully saturated rings. The van der Waals surface area contributed by atoms with E-state index in [-0.39, 0.29) is 0 Å². The second kappa shape index (κ2) is 12.2. The monoisotopic (exact) mass is 398 g/mol. The molecule has 2 N–H and O–H groups in total. The first-order chi connectivity index (χ1) is 12.5. The molecule has 26 heavy (non-hydrogen) atoms. The lowest BCUT2D eigenvalue weighted by atomic mass is 10.2. The molecule has 0 saturated heterocycles. The van der Waals surface area contributed by atoms with Gasteiger partial charge in [0.05, 0.1) is 11.4 Å². The summed E-state index contributed by atoms with van der Waals surface area (Å²) < 4.78 is 17.8. The number of hydrogen-bond donors (Lipinski definition) is 2. The van der Waals surface area contributed by atoms with Crippen LogP contribution in [0.1, 0.15) is 40.5 Å². The SMILES string of the molecule is CC/C(C)=N/SOC(=O)Nc1ccccc1NC(=O)OS/N=C(\C)CC. The molecule has 0 aliphatic rings. The van der Waals surface area contributed by atoms with Gasteiger partial charge in [-0.25, -0.2) is 9.59 Å². The average Bonchev–Trinajstić information content (AvgIpc) is 2.62. The summed E-state index contributed by atoms with van der Waals surface area (Å²) in [7, 11) is 0. The lowest BCUT2D eigenvalue weighted by Crippen LogP contribution is -2.15. The quantitative estimate of drug-likeness (QED) is 0.333. The van der Waals surface area contributed by atoms with E-state index in [2.05, 4.69) is 19.4 Å². The molecule has 0 saturated carbocycles. The van der Waals surface area contributed by atoms with Crippen LogP contribution in [-0.2, 0) is 8.37 Å². The van der Waals surface area contributed by atoms with E-state index in [4.69, 9.17) is 8.37 Å². The van der Waals surface area contributed by atoms with Crippen molar-refractivity contribution < 1.29 is 18.0 Å². The van der Waals surface area contributed by atoms with Gasteiger partial charge in [-0.15, -0.1) is 0 Å². The van der Waals surface area contributed by atoms with Crippen molar-refractivity contribution in [1.29, 1.82) is 0 Å². The number of anilines is 2. The summed E-state index contributed by atoms with van der Waals surface area (Å²) in [4.78, 5) is 23.6. The van der Waals surface area contributed by atoms with Crippen LogP contribution >= 0.6 is 24.5 Å². The van der Waals surface area contributed by atoms with Crippen LogP contribution in [0.3, 0.4) is 0 Å². The highest BCUT2D eigenvalue weighted by Gasteiger charge is 2.11. The third-order valence-corrected chi connectivity index (χ3v) is 4.26. The second-order valence-corrected chi connectivity index (χ2v) is 6.04. The van der Waals surface area contributed by atoms with Crippen LogP contribution in [0.15, 0.2) is 33.1 Å². The zero-order valence-corrected chi connectivity index (χ0v) is 16.7. The van der Waals surface area contributed by atoms with Gasteiger partial charge in [-0.05, 0) is 38.8 Å². The summed E-state index contributed by atoms with van der Waals surface area (Å²) in [6.07, 6.45) is 0.130. The Morgan fingerprint density at radius 3 is 1.62 bits per heavy atom. The molecule has 10 heteroatoms. The number of para-hydroxylation sites is 2. The summed E-state index contributed by atoms with van der Waals surface area (Å²) in [5.41, 5.74) is 2.44. The number of rotatable bonds is 8. The number of benzene rings is 1. The van der Waals surface area contributed by atoms with Gasteiger partial charge in [0, 0.05) is 11.4 Å². The number of carbonyl (C=O) groups excluding carboxylic acids is 2. The van der Waals surface area contributed by atoms with Gasteiger partial charge in [-0.3, -0.25) is 10.6 Å². The molecule has 0 aliphatic carbocycles. The predicted octanol–water partition coefficient (Wildman–Crippen LogP) is 5.65. The summed E-state index contributed by atoms with van der Waals surface area (Å²) in [5.74, 6) is 0. The Hall–Kier alpha value is -2.20. The van der Waals surface area contributed by atoms with E-state index in [1.165, 1.54) is 0 Å². The first-order valence-electron chi connectivity index (χ1n) is 7.91. The van der Waals surface area contributed by atoms with Gasteiger partial charge in [0.15, 0.2) is 0 Å².